The van der Waals surface area contributed by atoms with Crippen molar-refractivity contribution in [3.63, 3.8) is 0 Å². The van der Waals surface area contributed by atoms with Crippen molar-refractivity contribution in [2.24, 2.45) is 0 Å². The Labute approximate surface area is 129 Å². The van der Waals surface area contributed by atoms with Crippen molar-refractivity contribution >= 4 is 38.9 Å². The van der Waals surface area contributed by atoms with Gasteiger partial charge in [-0.05, 0) is 48.9 Å². The summed E-state index contributed by atoms with van der Waals surface area (Å²) in [5.74, 6) is -0.219. The number of benzene rings is 1. The minimum atomic E-state index is -0.219. The summed E-state index contributed by atoms with van der Waals surface area (Å²) < 4.78 is 14.9. The average Bonchev–Trinajstić information content (AvgIpc) is 2.74. The molecule has 0 aliphatic heterocycles. The second-order valence-corrected chi connectivity index (χ2v) is 6.90. The van der Waals surface area contributed by atoms with Crippen molar-refractivity contribution in [2.75, 3.05) is 6.54 Å². The summed E-state index contributed by atoms with van der Waals surface area (Å²) in [4.78, 5) is 1.17. The molecule has 0 saturated heterocycles. The molecule has 102 valence electrons. The number of likely N-dealkylation sites (N-methyl/N-ethyl adjacent to an activating group) is 1. The van der Waals surface area contributed by atoms with Crippen LogP contribution in [0, 0.1) is 5.82 Å². The van der Waals surface area contributed by atoms with Gasteiger partial charge in [-0.15, -0.1) is 11.3 Å². The van der Waals surface area contributed by atoms with Crippen LogP contribution in [-0.4, -0.2) is 6.54 Å². The van der Waals surface area contributed by atoms with E-state index in [1.165, 1.54) is 10.9 Å². The van der Waals surface area contributed by atoms with Gasteiger partial charge in [0.15, 0.2) is 0 Å². The van der Waals surface area contributed by atoms with E-state index in [1.807, 2.05) is 18.2 Å². The summed E-state index contributed by atoms with van der Waals surface area (Å²) in [6.45, 7) is 2.92. The van der Waals surface area contributed by atoms with Crippen molar-refractivity contribution in [1.82, 2.24) is 5.32 Å². The molecule has 2 rings (SSSR count). The Hall–Kier alpha value is -0.420. The van der Waals surface area contributed by atoms with E-state index >= 15 is 0 Å². The van der Waals surface area contributed by atoms with Crippen LogP contribution in [0.15, 0.2) is 34.8 Å². The van der Waals surface area contributed by atoms with E-state index in [2.05, 4.69) is 28.2 Å². The zero-order valence-corrected chi connectivity index (χ0v) is 13.6. The topological polar surface area (TPSA) is 12.0 Å². The number of halogens is 3. The van der Waals surface area contributed by atoms with Gasteiger partial charge in [0.2, 0.25) is 0 Å². The molecule has 1 atom stereocenters. The molecular weight excluding hydrogens is 349 g/mol. The van der Waals surface area contributed by atoms with E-state index < -0.39 is 0 Å². The second kappa shape index (κ2) is 6.84. The molecule has 0 aliphatic carbocycles. The maximum Gasteiger partial charge on any atom is 0.124 e. The number of hydrogen-bond acceptors (Lipinski definition) is 2. The summed E-state index contributed by atoms with van der Waals surface area (Å²) in [6, 6.07) is 9.07. The molecule has 1 aromatic heterocycles. The van der Waals surface area contributed by atoms with E-state index in [1.54, 1.807) is 17.4 Å². The van der Waals surface area contributed by atoms with E-state index in [0.717, 1.165) is 27.3 Å². The molecule has 19 heavy (non-hydrogen) atoms. The third-order valence-electron chi connectivity index (χ3n) is 2.75. The lowest BCUT2D eigenvalue weighted by Gasteiger charge is -2.16. The first kappa shape index (κ1) is 15.0. The van der Waals surface area contributed by atoms with Gasteiger partial charge in [0, 0.05) is 15.4 Å². The van der Waals surface area contributed by atoms with Crippen LogP contribution >= 0.6 is 38.9 Å². The largest absolute Gasteiger partial charge is 0.309 e. The lowest BCUT2D eigenvalue weighted by Crippen LogP contribution is -2.22. The fraction of sp³-hybridized carbons (Fsp3) is 0.286. The Morgan fingerprint density at radius 2 is 2.16 bits per heavy atom. The summed E-state index contributed by atoms with van der Waals surface area (Å²) in [5, 5.41) is 3.41. The van der Waals surface area contributed by atoms with Crippen molar-refractivity contribution in [2.45, 2.75) is 19.4 Å². The highest BCUT2D eigenvalue weighted by molar-refractivity contribution is 9.10. The summed E-state index contributed by atoms with van der Waals surface area (Å²) >= 11 is 10.9. The minimum Gasteiger partial charge on any atom is -0.309 e. The fourth-order valence-electron chi connectivity index (χ4n) is 2.00. The van der Waals surface area contributed by atoms with Crippen molar-refractivity contribution < 1.29 is 4.39 Å². The molecule has 2 aromatic rings. The highest BCUT2D eigenvalue weighted by atomic mass is 79.9. The van der Waals surface area contributed by atoms with Gasteiger partial charge < -0.3 is 5.32 Å². The highest BCUT2D eigenvalue weighted by Gasteiger charge is 2.14. The Morgan fingerprint density at radius 1 is 1.37 bits per heavy atom. The van der Waals surface area contributed by atoms with Crippen LogP contribution in [0.5, 0.6) is 0 Å². The van der Waals surface area contributed by atoms with E-state index in [9.17, 15) is 4.39 Å². The van der Waals surface area contributed by atoms with Gasteiger partial charge in [0.05, 0.1) is 4.34 Å². The Morgan fingerprint density at radius 3 is 2.74 bits per heavy atom. The van der Waals surface area contributed by atoms with Crippen LogP contribution in [0.3, 0.4) is 0 Å². The molecule has 0 spiro atoms. The molecule has 1 unspecified atom stereocenters. The number of nitrogens with one attached hydrogen (secondary N) is 1. The van der Waals surface area contributed by atoms with Crippen LogP contribution in [0.25, 0.3) is 0 Å². The highest BCUT2D eigenvalue weighted by Crippen LogP contribution is 2.29. The number of hydrogen-bond donors (Lipinski definition) is 1. The molecule has 0 amide bonds. The van der Waals surface area contributed by atoms with Gasteiger partial charge >= 0.3 is 0 Å². The van der Waals surface area contributed by atoms with E-state index in [4.69, 9.17) is 11.6 Å². The fourth-order valence-corrected chi connectivity index (χ4v) is 3.65. The standard InChI is InChI=1S/C14H14BrClFNS/c1-2-18-12(13-3-4-14(16)19-13)7-9-5-10(15)8-11(17)6-9/h3-6,8,12,18H,2,7H2,1H3. The zero-order chi connectivity index (χ0) is 13.8. The second-order valence-electron chi connectivity index (χ2n) is 4.23. The van der Waals surface area contributed by atoms with Crippen molar-refractivity contribution in [1.29, 1.82) is 0 Å². The lowest BCUT2D eigenvalue weighted by atomic mass is 10.0. The Balaban J connectivity index is 2.20. The van der Waals surface area contributed by atoms with Gasteiger partial charge in [-0.25, -0.2) is 4.39 Å². The SMILES string of the molecule is CCNC(Cc1cc(F)cc(Br)c1)c1ccc(Cl)s1. The molecular formula is C14H14BrClFNS. The summed E-state index contributed by atoms with van der Waals surface area (Å²) in [7, 11) is 0. The van der Waals surface area contributed by atoms with Crippen molar-refractivity contribution in [3.8, 4) is 0 Å². The smallest absolute Gasteiger partial charge is 0.124 e. The average molecular weight is 363 g/mol. The van der Waals surface area contributed by atoms with Gasteiger partial charge in [-0.2, -0.15) is 0 Å². The van der Waals surface area contributed by atoms with Crippen LogP contribution in [0.2, 0.25) is 4.34 Å². The Kier molecular flexibility index (Phi) is 5.39. The Bertz CT molecular complexity index is 538. The van der Waals surface area contributed by atoms with E-state index in [0.29, 0.717) is 0 Å². The van der Waals surface area contributed by atoms with Gasteiger partial charge in [0.25, 0.3) is 0 Å². The molecule has 1 aromatic carbocycles. The van der Waals surface area contributed by atoms with Gasteiger partial charge in [-0.3, -0.25) is 0 Å². The molecule has 0 bridgehead atoms. The van der Waals surface area contributed by atoms with Gasteiger partial charge in [-0.1, -0.05) is 34.5 Å². The quantitative estimate of drug-likeness (QED) is 0.771. The first-order chi connectivity index (χ1) is 9.08. The number of thiophene rings is 1. The normalized spacial score (nSPS) is 12.6. The minimum absolute atomic E-state index is 0.163. The molecule has 0 radical (unpaired) electrons. The molecule has 1 N–H and O–H groups in total. The van der Waals surface area contributed by atoms with E-state index in [-0.39, 0.29) is 11.9 Å². The van der Waals surface area contributed by atoms with Crippen LogP contribution in [0.4, 0.5) is 4.39 Å². The maximum atomic E-state index is 13.4. The molecule has 0 saturated carbocycles. The molecule has 1 nitrogen and oxygen atoms in total. The molecule has 0 fully saturated rings. The first-order valence-electron chi connectivity index (χ1n) is 6.02. The predicted molar refractivity (Wildman–Crippen MR) is 83.6 cm³/mol. The molecule has 1 heterocycles. The van der Waals surface area contributed by atoms with Crippen LogP contribution < -0.4 is 5.32 Å². The maximum absolute atomic E-state index is 13.4. The lowest BCUT2D eigenvalue weighted by molar-refractivity contribution is 0.554. The third-order valence-corrected chi connectivity index (χ3v) is 4.55. The number of rotatable bonds is 5. The first-order valence-corrected chi connectivity index (χ1v) is 8.01. The zero-order valence-electron chi connectivity index (χ0n) is 10.4. The molecule has 5 heteroatoms. The van der Waals surface area contributed by atoms with Crippen LogP contribution in [-0.2, 0) is 6.42 Å². The predicted octanol–water partition coefficient (Wildman–Crippen LogP) is 5.20. The van der Waals surface area contributed by atoms with Gasteiger partial charge in [0.1, 0.15) is 5.82 Å². The van der Waals surface area contributed by atoms with Crippen LogP contribution in [0.1, 0.15) is 23.4 Å². The summed E-state index contributed by atoms with van der Waals surface area (Å²) in [5.41, 5.74) is 0.961. The van der Waals surface area contributed by atoms with Crippen molar-refractivity contribution in [3.05, 3.63) is 55.4 Å². The monoisotopic (exact) mass is 361 g/mol. The third kappa shape index (κ3) is 4.28. The summed E-state index contributed by atoms with van der Waals surface area (Å²) in [6.07, 6.45) is 0.737. The molecule has 0 aliphatic rings.